The van der Waals surface area contributed by atoms with E-state index in [-0.39, 0.29) is 18.1 Å². The fourth-order valence-corrected chi connectivity index (χ4v) is 2.55. The van der Waals surface area contributed by atoms with Crippen LogP contribution >= 0.6 is 15.9 Å². The third kappa shape index (κ3) is 4.45. The first-order valence-electron chi connectivity index (χ1n) is 6.95. The van der Waals surface area contributed by atoms with Crippen molar-refractivity contribution in [2.75, 3.05) is 19.5 Å². The molecule has 0 aliphatic carbocycles. The van der Waals surface area contributed by atoms with Crippen molar-refractivity contribution >= 4 is 27.5 Å². The van der Waals surface area contributed by atoms with Crippen LogP contribution in [0.2, 0.25) is 0 Å². The molecule has 0 heterocycles. The van der Waals surface area contributed by atoms with Crippen LogP contribution in [0.1, 0.15) is 5.56 Å². The van der Waals surface area contributed by atoms with Crippen LogP contribution in [-0.4, -0.2) is 25.0 Å². The number of ether oxygens (including phenoxy) is 2. The first kappa shape index (κ1) is 17.3. The van der Waals surface area contributed by atoms with Crippen LogP contribution in [0.3, 0.4) is 0 Å². The molecule has 1 N–H and O–H groups in total. The number of alkyl halides is 1. The zero-order valence-electron chi connectivity index (χ0n) is 12.8. The van der Waals surface area contributed by atoms with E-state index in [4.69, 9.17) is 9.47 Å². The molecule has 0 saturated carbocycles. The van der Waals surface area contributed by atoms with E-state index >= 15 is 0 Å². The highest BCUT2D eigenvalue weighted by molar-refractivity contribution is 9.10. The molecule has 0 radical (unpaired) electrons. The van der Waals surface area contributed by atoms with Crippen molar-refractivity contribution in [1.29, 1.82) is 0 Å². The van der Waals surface area contributed by atoms with Gasteiger partial charge in [0.05, 0.1) is 19.0 Å². The average Bonchev–Trinajstić information content (AvgIpc) is 2.56. The van der Waals surface area contributed by atoms with Crippen molar-refractivity contribution < 1.29 is 18.7 Å². The molecule has 1 unspecified atom stereocenters. The Balaban J connectivity index is 2.05. The van der Waals surface area contributed by atoms with Crippen LogP contribution in [0.5, 0.6) is 11.5 Å². The van der Waals surface area contributed by atoms with E-state index in [1.807, 2.05) is 0 Å². The SMILES string of the molecule is COc1ccc(NC(=O)C(Br)Cc2ccccc2F)cc1OC. The van der Waals surface area contributed by atoms with Crippen molar-refractivity contribution in [3.63, 3.8) is 0 Å². The van der Waals surface area contributed by atoms with Gasteiger partial charge in [0.2, 0.25) is 5.91 Å². The highest BCUT2D eigenvalue weighted by Crippen LogP contribution is 2.30. The van der Waals surface area contributed by atoms with E-state index in [2.05, 4.69) is 21.2 Å². The molecule has 0 spiro atoms. The maximum Gasteiger partial charge on any atom is 0.238 e. The van der Waals surface area contributed by atoms with Crippen LogP contribution in [0.4, 0.5) is 10.1 Å². The predicted octanol–water partition coefficient (Wildman–Crippen LogP) is 3.79. The summed E-state index contributed by atoms with van der Waals surface area (Å²) in [4.78, 5) is 11.7. The topological polar surface area (TPSA) is 47.6 Å². The molecular formula is C17H17BrFNO3. The number of carbonyl (C=O) groups excluding carboxylic acids is 1. The monoisotopic (exact) mass is 381 g/mol. The number of anilines is 1. The molecule has 6 heteroatoms. The number of hydrogen-bond donors (Lipinski definition) is 1. The first-order chi connectivity index (χ1) is 11.0. The van der Waals surface area contributed by atoms with Crippen LogP contribution in [0, 0.1) is 5.82 Å². The minimum atomic E-state index is -0.549. The summed E-state index contributed by atoms with van der Waals surface area (Å²) in [6.45, 7) is 0. The number of amides is 1. The normalized spacial score (nSPS) is 11.7. The van der Waals surface area contributed by atoms with Gasteiger partial charge in [-0.3, -0.25) is 4.79 Å². The molecule has 1 atom stereocenters. The number of hydrogen-bond acceptors (Lipinski definition) is 3. The summed E-state index contributed by atoms with van der Waals surface area (Å²) in [7, 11) is 3.06. The van der Waals surface area contributed by atoms with Crippen LogP contribution in [-0.2, 0) is 11.2 Å². The van der Waals surface area contributed by atoms with Gasteiger partial charge >= 0.3 is 0 Å². The third-order valence-electron chi connectivity index (χ3n) is 3.29. The minimum Gasteiger partial charge on any atom is -0.493 e. The van der Waals surface area contributed by atoms with Gasteiger partial charge in [-0.25, -0.2) is 4.39 Å². The predicted molar refractivity (Wildman–Crippen MR) is 91.0 cm³/mol. The molecule has 2 aromatic carbocycles. The first-order valence-corrected chi connectivity index (χ1v) is 7.87. The largest absolute Gasteiger partial charge is 0.493 e. The second-order valence-electron chi connectivity index (χ2n) is 4.82. The summed E-state index contributed by atoms with van der Waals surface area (Å²) >= 11 is 3.30. The molecule has 0 saturated heterocycles. The lowest BCUT2D eigenvalue weighted by Crippen LogP contribution is -2.25. The van der Waals surface area contributed by atoms with Gasteiger partial charge in [0, 0.05) is 11.8 Å². The van der Waals surface area contributed by atoms with Crippen molar-refractivity contribution in [3.8, 4) is 11.5 Å². The number of nitrogens with one attached hydrogen (secondary N) is 1. The Morgan fingerprint density at radius 2 is 1.87 bits per heavy atom. The quantitative estimate of drug-likeness (QED) is 0.774. The lowest BCUT2D eigenvalue weighted by molar-refractivity contribution is -0.115. The third-order valence-corrected chi connectivity index (χ3v) is 4.03. The fraction of sp³-hybridized carbons (Fsp3) is 0.235. The number of benzene rings is 2. The van der Waals surface area contributed by atoms with Crippen molar-refractivity contribution in [3.05, 3.63) is 53.8 Å². The van der Waals surface area contributed by atoms with E-state index < -0.39 is 4.83 Å². The fourth-order valence-electron chi connectivity index (χ4n) is 2.08. The number of carbonyl (C=O) groups is 1. The molecule has 122 valence electrons. The second kappa shape index (κ2) is 7.97. The van der Waals surface area contributed by atoms with Gasteiger partial charge in [0.1, 0.15) is 5.82 Å². The van der Waals surface area contributed by atoms with Gasteiger partial charge in [0.25, 0.3) is 0 Å². The summed E-state index contributed by atoms with van der Waals surface area (Å²) in [5, 5.41) is 2.76. The molecule has 1 amide bonds. The van der Waals surface area contributed by atoms with Gasteiger partial charge < -0.3 is 14.8 Å². The smallest absolute Gasteiger partial charge is 0.238 e. The Morgan fingerprint density at radius 1 is 1.17 bits per heavy atom. The van der Waals surface area contributed by atoms with Gasteiger partial charge in [-0.15, -0.1) is 0 Å². The molecule has 4 nitrogen and oxygen atoms in total. The van der Waals surface area contributed by atoms with E-state index in [1.165, 1.54) is 13.2 Å². The van der Waals surface area contributed by atoms with E-state index in [1.54, 1.807) is 43.5 Å². The van der Waals surface area contributed by atoms with Gasteiger partial charge in [-0.05, 0) is 30.2 Å². The highest BCUT2D eigenvalue weighted by atomic mass is 79.9. The summed E-state index contributed by atoms with van der Waals surface area (Å²) in [5.41, 5.74) is 1.06. The van der Waals surface area contributed by atoms with E-state index in [9.17, 15) is 9.18 Å². The van der Waals surface area contributed by atoms with Crippen molar-refractivity contribution in [2.24, 2.45) is 0 Å². The lowest BCUT2D eigenvalue weighted by atomic mass is 10.1. The second-order valence-corrected chi connectivity index (χ2v) is 5.93. The van der Waals surface area contributed by atoms with Crippen LogP contribution in [0.15, 0.2) is 42.5 Å². The minimum absolute atomic E-state index is 0.256. The van der Waals surface area contributed by atoms with E-state index in [0.29, 0.717) is 22.7 Å². The maximum atomic E-state index is 13.6. The Hall–Kier alpha value is -2.08. The summed E-state index contributed by atoms with van der Waals surface area (Å²) in [6, 6.07) is 11.5. The van der Waals surface area contributed by atoms with Gasteiger partial charge in [0.15, 0.2) is 11.5 Å². The molecule has 23 heavy (non-hydrogen) atoms. The van der Waals surface area contributed by atoms with Crippen LogP contribution in [0.25, 0.3) is 0 Å². The molecule has 2 aromatic rings. The highest BCUT2D eigenvalue weighted by Gasteiger charge is 2.18. The average molecular weight is 382 g/mol. The maximum absolute atomic E-state index is 13.6. The Labute approximate surface area is 142 Å². The Kier molecular flexibility index (Phi) is 5.98. The lowest BCUT2D eigenvalue weighted by Gasteiger charge is -2.13. The number of halogens is 2. The van der Waals surface area contributed by atoms with Gasteiger partial charge in [-0.1, -0.05) is 34.1 Å². The van der Waals surface area contributed by atoms with Crippen LogP contribution < -0.4 is 14.8 Å². The molecule has 0 aliphatic heterocycles. The molecule has 0 aliphatic rings. The molecule has 0 fully saturated rings. The summed E-state index contributed by atoms with van der Waals surface area (Å²) in [6.07, 6.45) is 0.256. The summed E-state index contributed by atoms with van der Waals surface area (Å²) < 4.78 is 24.0. The van der Waals surface area contributed by atoms with Crippen molar-refractivity contribution in [1.82, 2.24) is 0 Å². The molecule has 0 bridgehead atoms. The molecule has 0 aromatic heterocycles. The summed E-state index contributed by atoms with van der Waals surface area (Å²) in [5.74, 6) is 0.508. The standard InChI is InChI=1S/C17H17BrFNO3/c1-22-15-8-7-12(10-16(15)23-2)20-17(21)13(18)9-11-5-3-4-6-14(11)19/h3-8,10,13H,9H2,1-2H3,(H,20,21). The van der Waals surface area contributed by atoms with E-state index in [0.717, 1.165) is 0 Å². The molecular weight excluding hydrogens is 365 g/mol. The zero-order valence-corrected chi connectivity index (χ0v) is 14.4. The van der Waals surface area contributed by atoms with Crippen molar-refractivity contribution in [2.45, 2.75) is 11.2 Å². The van der Waals surface area contributed by atoms with Gasteiger partial charge in [-0.2, -0.15) is 0 Å². The number of methoxy groups -OCH3 is 2. The Bertz CT molecular complexity index is 693. The molecule has 2 rings (SSSR count). The number of rotatable bonds is 6. The Morgan fingerprint density at radius 3 is 2.52 bits per heavy atom. The zero-order chi connectivity index (χ0) is 16.8.